The number of carbonyl (C=O) groups excluding carboxylic acids is 3. The van der Waals surface area contributed by atoms with Crippen molar-refractivity contribution in [3.05, 3.63) is 59.7 Å². The molecule has 1 atom stereocenters. The number of nitrogens with one attached hydrogen (secondary N) is 1. The first-order valence-corrected chi connectivity index (χ1v) is 10.4. The highest BCUT2D eigenvalue weighted by molar-refractivity contribution is 7.80. The molecule has 7 nitrogen and oxygen atoms in total. The van der Waals surface area contributed by atoms with E-state index < -0.39 is 23.7 Å². The van der Waals surface area contributed by atoms with Crippen LogP contribution in [0.5, 0.6) is 0 Å². The van der Waals surface area contributed by atoms with Gasteiger partial charge < -0.3 is 10.1 Å². The normalized spacial score (nSPS) is 16.5. The standard InChI is InChI=1S/C23H23N3O4S/c1-3-4-13-30-22(29)16-7-9-17(10-8-16)24-14-19-20(27)25-23(31)26(21(19)28)18-11-5-15(2)6-12-18/h5-12,14,19H,3-4,13H2,1-2H3,(H,25,27,31)/t19-/m1/s1. The monoisotopic (exact) mass is 437 g/mol. The number of carbonyl (C=O) groups is 3. The van der Waals surface area contributed by atoms with E-state index in [1.807, 2.05) is 26.0 Å². The molecule has 8 heteroatoms. The molecule has 0 saturated carbocycles. The molecular formula is C23H23N3O4S. The van der Waals surface area contributed by atoms with Crippen LogP contribution in [0.4, 0.5) is 11.4 Å². The summed E-state index contributed by atoms with van der Waals surface area (Å²) in [6, 6.07) is 13.7. The molecule has 1 saturated heterocycles. The van der Waals surface area contributed by atoms with Crippen LogP contribution in [0.25, 0.3) is 0 Å². The Hall–Kier alpha value is -3.39. The molecule has 1 heterocycles. The number of esters is 1. The Bertz CT molecular complexity index is 1020. The zero-order valence-corrected chi connectivity index (χ0v) is 18.1. The molecular weight excluding hydrogens is 414 g/mol. The van der Waals surface area contributed by atoms with Crippen LogP contribution in [0.3, 0.4) is 0 Å². The summed E-state index contributed by atoms with van der Waals surface area (Å²) in [7, 11) is 0. The van der Waals surface area contributed by atoms with E-state index >= 15 is 0 Å². The highest BCUT2D eigenvalue weighted by Gasteiger charge is 2.38. The van der Waals surface area contributed by atoms with Gasteiger partial charge in [0.25, 0.3) is 5.91 Å². The predicted molar refractivity (Wildman–Crippen MR) is 123 cm³/mol. The number of hydrogen-bond acceptors (Lipinski definition) is 6. The number of anilines is 1. The maximum atomic E-state index is 12.9. The average molecular weight is 438 g/mol. The summed E-state index contributed by atoms with van der Waals surface area (Å²) in [6.07, 6.45) is 3.05. The van der Waals surface area contributed by atoms with E-state index in [1.165, 1.54) is 11.1 Å². The first kappa shape index (κ1) is 22.3. The zero-order valence-electron chi connectivity index (χ0n) is 17.3. The maximum absolute atomic E-state index is 12.9. The van der Waals surface area contributed by atoms with Gasteiger partial charge in [0.1, 0.15) is 0 Å². The first-order valence-electron chi connectivity index (χ1n) is 9.97. The van der Waals surface area contributed by atoms with Gasteiger partial charge >= 0.3 is 5.97 Å². The van der Waals surface area contributed by atoms with Crippen molar-refractivity contribution in [3.8, 4) is 0 Å². The Morgan fingerprint density at radius 3 is 2.48 bits per heavy atom. The van der Waals surface area contributed by atoms with Gasteiger partial charge in [0.2, 0.25) is 5.91 Å². The van der Waals surface area contributed by atoms with Crippen molar-refractivity contribution in [2.24, 2.45) is 10.9 Å². The maximum Gasteiger partial charge on any atom is 0.338 e. The molecule has 0 aromatic heterocycles. The zero-order chi connectivity index (χ0) is 22.4. The number of thiocarbonyl (C=S) groups is 1. The first-order chi connectivity index (χ1) is 14.9. The number of aryl methyl sites for hydroxylation is 1. The van der Waals surface area contributed by atoms with Gasteiger partial charge in [0.15, 0.2) is 11.0 Å². The van der Waals surface area contributed by atoms with Crippen LogP contribution in [0.2, 0.25) is 0 Å². The number of hydrogen-bond donors (Lipinski definition) is 1. The molecule has 1 aliphatic rings. The van der Waals surface area contributed by atoms with E-state index in [4.69, 9.17) is 17.0 Å². The molecule has 2 aromatic rings. The van der Waals surface area contributed by atoms with Crippen LogP contribution in [0.15, 0.2) is 53.5 Å². The van der Waals surface area contributed by atoms with E-state index in [1.54, 1.807) is 36.4 Å². The van der Waals surface area contributed by atoms with E-state index in [2.05, 4.69) is 10.3 Å². The van der Waals surface area contributed by atoms with E-state index in [-0.39, 0.29) is 5.11 Å². The average Bonchev–Trinajstić information content (AvgIpc) is 2.75. The summed E-state index contributed by atoms with van der Waals surface area (Å²) in [5, 5.41) is 2.59. The minimum absolute atomic E-state index is 0.0365. The van der Waals surface area contributed by atoms with Gasteiger partial charge in [-0.2, -0.15) is 0 Å². The van der Waals surface area contributed by atoms with Crippen molar-refractivity contribution in [2.45, 2.75) is 26.7 Å². The number of aliphatic imine (C=N–C) groups is 1. The molecule has 0 bridgehead atoms. The van der Waals surface area contributed by atoms with Crippen LogP contribution in [-0.2, 0) is 14.3 Å². The molecule has 160 valence electrons. The van der Waals surface area contributed by atoms with Crippen molar-refractivity contribution in [1.82, 2.24) is 5.32 Å². The SMILES string of the molecule is CCCCOC(=O)c1ccc(N=C[C@@H]2C(=O)NC(=S)N(c3ccc(C)cc3)C2=O)cc1. The summed E-state index contributed by atoms with van der Waals surface area (Å²) in [5.74, 6) is -2.52. The predicted octanol–water partition coefficient (Wildman–Crippen LogP) is 3.72. The molecule has 1 N–H and O–H groups in total. The number of nitrogens with zero attached hydrogens (tertiary/aromatic N) is 2. The number of ether oxygens (including phenoxy) is 1. The highest BCUT2D eigenvalue weighted by Crippen LogP contribution is 2.22. The molecule has 0 aliphatic carbocycles. The Kier molecular flexibility index (Phi) is 7.25. The lowest BCUT2D eigenvalue weighted by molar-refractivity contribution is -0.130. The summed E-state index contributed by atoms with van der Waals surface area (Å²) < 4.78 is 5.17. The minimum atomic E-state index is -1.12. The van der Waals surface area contributed by atoms with Gasteiger partial charge in [-0.1, -0.05) is 31.0 Å². The third kappa shape index (κ3) is 5.40. The fourth-order valence-electron chi connectivity index (χ4n) is 2.90. The number of amides is 2. The second-order valence-electron chi connectivity index (χ2n) is 7.10. The Morgan fingerprint density at radius 2 is 1.84 bits per heavy atom. The molecule has 1 aliphatic heterocycles. The molecule has 0 unspecified atom stereocenters. The van der Waals surface area contributed by atoms with Crippen molar-refractivity contribution >= 4 is 52.7 Å². The van der Waals surface area contributed by atoms with Gasteiger partial charge in [-0.25, -0.2) is 4.79 Å². The summed E-state index contributed by atoms with van der Waals surface area (Å²) in [5.41, 5.74) is 2.53. The van der Waals surface area contributed by atoms with Gasteiger partial charge in [0.05, 0.1) is 23.5 Å². The molecule has 1 fully saturated rings. The van der Waals surface area contributed by atoms with Gasteiger partial charge in [-0.15, -0.1) is 0 Å². The quantitative estimate of drug-likeness (QED) is 0.235. The second-order valence-corrected chi connectivity index (χ2v) is 7.48. The molecule has 2 amide bonds. The van der Waals surface area contributed by atoms with Gasteiger partial charge in [-0.3, -0.25) is 19.5 Å². The fourth-order valence-corrected chi connectivity index (χ4v) is 3.19. The minimum Gasteiger partial charge on any atom is -0.462 e. The Balaban J connectivity index is 1.72. The smallest absolute Gasteiger partial charge is 0.338 e. The number of benzene rings is 2. The molecule has 31 heavy (non-hydrogen) atoms. The lowest BCUT2D eigenvalue weighted by Gasteiger charge is -2.30. The lowest BCUT2D eigenvalue weighted by atomic mass is 10.1. The van der Waals surface area contributed by atoms with E-state index in [0.29, 0.717) is 23.5 Å². The van der Waals surface area contributed by atoms with Gasteiger partial charge in [0, 0.05) is 6.21 Å². The van der Waals surface area contributed by atoms with Crippen molar-refractivity contribution in [2.75, 3.05) is 11.5 Å². The topological polar surface area (TPSA) is 88.1 Å². The van der Waals surface area contributed by atoms with Crippen molar-refractivity contribution in [3.63, 3.8) is 0 Å². The Labute approximate surface area is 186 Å². The molecule has 3 rings (SSSR count). The molecule has 2 aromatic carbocycles. The van der Waals surface area contributed by atoms with Crippen LogP contribution in [0, 0.1) is 12.8 Å². The van der Waals surface area contributed by atoms with Crippen LogP contribution < -0.4 is 10.2 Å². The number of unbranched alkanes of at least 4 members (excludes halogenated alkanes) is 1. The van der Waals surface area contributed by atoms with Crippen molar-refractivity contribution in [1.29, 1.82) is 0 Å². The van der Waals surface area contributed by atoms with Crippen LogP contribution in [0.1, 0.15) is 35.7 Å². The largest absolute Gasteiger partial charge is 0.462 e. The third-order valence-corrected chi connectivity index (χ3v) is 4.99. The van der Waals surface area contributed by atoms with Gasteiger partial charge in [-0.05, 0) is 62.0 Å². The Morgan fingerprint density at radius 1 is 1.16 bits per heavy atom. The van der Waals surface area contributed by atoms with Crippen LogP contribution in [-0.4, -0.2) is 35.7 Å². The summed E-state index contributed by atoms with van der Waals surface area (Å²) in [4.78, 5) is 42.8. The van der Waals surface area contributed by atoms with Crippen LogP contribution >= 0.6 is 12.2 Å². The lowest BCUT2D eigenvalue weighted by Crippen LogP contribution is -2.58. The molecule has 0 spiro atoms. The van der Waals surface area contributed by atoms with E-state index in [9.17, 15) is 14.4 Å². The molecule has 0 radical (unpaired) electrons. The summed E-state index contributed by atoms with van der Waals surface area (Å²) in [6.45, 7) is 4.34. The third-order valence-electron chi connectivity index (χ3n) is 4.70. The highest BCUT2D eigenvalue weighted by atomic mass is 32.1. The van der Waals surface area contributed by atoms with Crippen molar-refractivity contribution < 1.29 is 19.1 Å². The second kappa shape index (κ2) is 10.1. The number of rotatable bonds is 7. The fraction of sp³-hybridized carbons (Fsp3) is 0.261. The van der Waals surface area contributed by atoms with E-state index in [0.717, 1.165) is 18.4 Å². The summed E-state index contributed by atoms with van der Waals surface area (Å²) >= 11 is 5.19.